The molecule has 0 spiro atoms. The number of hydrogen-bond donors (Lipinski definition) is 3. The fourth-order valence-electron chi connectivity index (χ4n) is 2.35. The van der Waals surface area contributed by atoms with Gasteiger partial charge in [0.15, 0.2) is 0 Å². The van der Waals surface area contributed by atoms with Crippen molar-refractivity contribution in [3.8, 4) is 0 Å². The summed E-state index contributed by atoms with van der Waals surface area (Å²) in [5, 5.41) is 0. The van der Waals surface area contributed by atoms with Crippen LogP contribution in [0.25, 0.3) is 0 Å². The van der Waals surface area contributed by atoms with Crippen molar-refractivity contribution < 1.29 is 8.42 Å². The lowest BCUT2D eigenvalue weighted by Crippen LogP contribution is -2.34. The van der Waals surface area contributed by atoms with Crippen molar-refractivity contribution in [1.82, 2.24) is 4.72 Å². The molecule has 0 unspecified atom stereocenters. The smallest absolute Gasteiger partial charge is 0.242 e. The Hall–Kier alpha value is -1.11. The van der Waals surface area contributed by atoms with Crippen molar-refractivity contribution in [3.05, 3.63) is 24.3 Å². The maximum absolute atomic E-state index is 12.4. The van der Waals surface area contributed by atoms with Gasteiger partial charge in [0.25, 0.3) is 0 Å². The third-order valence-corrected chi connectivity index (χ3v) is 5.04. The Morgan fingerprint density at radius 3 is 2.15 bits per heavy atom. The second-order valence-corrected chi connectivity index (χ2v) is 7.38. The van der Waals surface area contributed by atoms with Crippen molar-refractivity contribution in [3.63, 3.8) is 0 Å². The second-order valence-electron chi connectivity index (χ2n) is 5.64. The molecule has 0 saturated carbocycles. The fraction of sp³-hybridized carbons (Fsp3) is 0.571. The molecule has 4 N–H and O–H groups in total. The van der Waals surface area contributed by atoms with Gasteiger partial charge in [0, 0.05) is 6.54 Å². The molecule has 0 aromatic heterocycles. The van der Waals surface area contributed by atoms with Crippen LogP contribution in [0.2, 0.25) is 0 Å². The van der Waals surface area contributed by atoms with Crippen LogP contribution in [0.5, 0.6) is 0 Å². The maximum Gasteiger partial charge on any atom is 0.242 e. The minimum atomic E-state index is -3.56. The molecule has 114 valence electrons. The molecule has 5 nitrogen and oxygen atoms in total. The third kappa shape index (κ3) is 4.19. The van der Waals surface area contributed by atoms with Crippen LogP contribution >= 0.6 is 0 Å². The van der Waals surface area contributed by atoms with Crippen LogP contribution in [-0.4, -0.2) is 15.0 Å². The van der Waals surface area contributed by atoms with Gasteiger partial charge in [-0.1, -0.05) is 39.8 Å². The zero-order valence-electron chi connectivity index (χ0n) is 12.6. The molecular formula is C14H25N3O2S. The van der Waals surface area contributed by atoms with E-state index in [0.29, 0.717) is 30.0 Å². The topological polar surface area (TPSA) is 84.2 Å². The minimum absolute atomic E-state index is 0.175. The highest BCUT2D eigenvalue weighted by Crippen LogP contribution is 2.22. The summed E-state index contributed by atoms with van der Waals surface area (Å²) in [7, 11) is -3.56. The van der Waals surface area contributed by atoms with Crippen LogP contribution in [0.1, 0.15) is 27.7 Å². The molecule has 20 heavy (non-hydrogen) atoms. The van der Waals surface area contributed by atoms with Crippen molar-refractivity contribution in [1.29, 1.82) is 0 Å². The van der Waals surface area contributed by atoms with E-state index >= 15 is 0 Å². The number of hydrogen-bond acceptors (Lipinski definition) is 4. The molecule has 0 fully saturated rings. The number of nitrogens with two attached hydrogens (primary N) is 1. The lowest BCUT2D eigenvalue weighted by molar-refractivity contribution is 0.289. The summed E-state index contributed by atoms with van der Waals surface area (Å²) in [5.41, 5.74) is 2.81. The average molecular weight is 299 g/mol. The molecule has 1 aromatic rings. The highest BCUT2D eigenvalue weighted by atomic mass is 32.2. The van der Waals surface area contributed by atoms with Crippen LogP contribution < -0.4 is 16.0 Å². The Morgan fingerprint density at radius 1 is 1.10 bits per heavy atom. The van der Waals surface area contributed by atoms with Gasteiger partial charge in [0.2, 0.25) is 10.0 Å². The Labute approximate surface area is 122 Å². The van der Waals surface area contributed by atoms with E-state index in [9.17, 15) is 8.42 Å². The second kappa shape index (κ2) is 7.06. The van der Waals surface area contributed by atoms with Gasteiger partial charge in [-0.25, -0.2) is 13.1 Å². The molecule has 0 heterocycles. The van der Waals surface area contributed by atoms with Crippen molar-refractivity contribution in [2.75, 3.05) is 12.0 Å². The molecule has 0 aliphatic rings. The molecule has 0 bridgehead atoms. The summed E-state index contributed by atoms with van der Waals surface area (Å²) in [6.45, 7) is 8.85. The van der Waals surface area contributed by atoms with Gasteiger partial charge in [0.1, 0.15) is 4.90 Å². The first-order chi connectivity index (χ1) is 9.29. The van der Waals surface area contributed by atoms with Gasteiger partial charge in [-0.05, 0) is 29.9 Å². The van der Waals surface area contributed by atoms with Crippen LogP contribution in [0.3, 0.4) is 0 Å². The number of para-hydroxylation sites is 1. The highest BCUT2D eigenvalue weighted by Gasteiger charge is 2.23. The predicted octanol–water partition coefficient (Wildman–Crippen LogP) is 2.18. The van der Waals surface area contributed by atoms with Crippen molar-refractivity contribution in [2.45, 2.75) is 32.6 Å². The van der Waals surface area contributed by atoms with Gasteiger partial charge in [-0.2, -0.15) is 0 Å². The zero-order valence-corrected chi connectivity index (χ0v) is 13.4. The van der Waals surface area contributed by atoms with E-state index in [1.54, 1.807) is 18.2 Å². The molecule has 0 radical (unpaired) electrons. The lowest BCUT2D eigenvalue weighted by atomic mass is 9.86. The largest absolute Gasteiger partial charge is 0.323 e. The number of nitrogens with one attached hydrogen (secondary N) is 2. The standard InChI is InChI=1S/C14H25N3O2S/c1-10(2)12(11(3)4)9-16-20(18,19)14-8-6-5-7-13(14)17-15/h5-8,10-12,16-17H,9,15H2,1-4H3. The fourth-order valence-corrected chi connectivity index (χ4v) is 3.59. The third-order valence-electron chi connectivity index (χ3n) is 3.55. The molecule has 1 aromatic carbocycles. The van der Waals surface area contributed by atoms with Crippen molar-refractivity contribution in [2.24, 2.45) is 23.6 Å². The maximum atomic E-state index is 12.4. The summed E-state index contributed by atoms with van der Waals surface area (Å²) in [6, 6.07) is 6.59. The highest BCUT2D eigenvalue weighted by molar-refractivity contribution is 7.89. The first-order valence-corrected chi connectivity index (χ1v) is 8.33. The van der Waals surface area contributed by atoms with E-state index in [1.807, 2.05) is 0 Å². The first-order valence-electron chi connectivity index (χ1n) is 6.85. The van der Waals surface area contributed by atoms with E-state index in [0.717, 1.165) is 0 Å². The molecule has 0 amide bonds. The van der Waals surface area contributed by atoms with Crippen LogP contribution in [0, 0.1) is 17.8 Å². The minimum Gasteiger partial charge on any atom is -0.323 e. The molecular weight excluding hydrogens is 274 g/mol. The van der Waals surface area contributed by atoms with E-state index in [4.69, 9.17) is 5.84 Å². The Bertz CT molecular complexity index is 519. The van der Waals surface area contributed by atoms with Crippen LogP contribution in [-0.2, 0) is 10.0 Å². The SMILES string of the molecule is CC(C)C(CNS(=O)(=O)c1ccccc1NN)C(C)C. The van der Waals surface area contributed by atoms with Gasteiger partial charge >= 0.3 is 0 Å². The number of anilines is 1. The van der Waals surface area contributed by atoms with Gasteiger partial charge in [0.05, 0.1) is 5.69 Å². The summed E-state index contributed by atoms with van der Waals surface area (Å²) in [5.74, 6) is 6.49. The molecule has 0 saturated heterocycles. The number of benzene rings is 1. The Kier molecular flexibility index (Phi) is 5.98. The number of rotatable bonds is 7. The summed E-state index contributed by atoms with van der Waals surface area (Å²) >= 11 is 0. The van der Waals surface area contributed by atoms with Gasteiger partial charge in [-0.3, -0.25) is 5.84 Å². The molecule has 1 rings (SSSR count). The Balaban J connectivity index is 2.90. The first kappa shape index (κ1) is 16.9. The molecule has 0 aliphatic heterocycles. The summed E-state index contributed by atoms with van der Waals surface area (Å²) < 4.78 is 27.4. The molecule has 0 aliphatic carbocycles. The van der Waals surface area contributed by atoms with Crippen molar-refractivity contribution >= 4 is 15.7 Å². The van der Waals surface area contributed by atoms with E-state index in [2.05, 4.69) is 37.8 Å². The van der Waals surface area contributed by atoms with E-state index < -0.39 is 10.0 Å². The Morgan fingerprint density at radius 2 is 1.65 bits per heavy atom. The average Bonchev–Trinajstić information content (AvgIpc) is 2.37. The number of nitrogen functional groups attached to an aromatic ring is 1. The quantitative estimate of drug-likeness (QED) is 0.532. The van der Waals surface area contributed by atoms with E-state index in [-0.39, 0.29) is 4.90 Å². The van der Waals surface area contributed by atoms with Gasteiger partial charge < -0.3 is 5.43 Å². The summed E-state index contributed by atoms with van der Waals surface area (Å²) in [4.78, 5) is 0.175. The molecule has 6 heteroatoms. The monoisotopic (exact) mass is 299 g/mol. The summed E-state index contributed by atoms with van der Waals surface area (Å²) in [6.07, 6.45) is 0. The van der Waals surface area contributed by atoms with Crippen LogP contribution in [0.15, 0.2) is 29.2 Å². The van der Waals surface area contributed by atoms with Crippen LogP contribution in [0.4, 0.5) is 5.69 Å². The normalized spacial score (nSPS) is 12.4. The molecule has 0 atom stereocenters. The number of sulfonamides is 1. The number of hydrazine groups is 1. The predicted molar refractivity (Wildman–Crippen MR) is 82.6 cm³/mol. The lowest BCUT2D eigenvalue weighted by Gasteiger charge is -2.25. The van der Waals surface area contributed by atoms with Gasteiger partial charge in [-0.15, -0.1) is 0 Å². The van der Waals surface area contributed by atoms with E-state index in [1.165, 1.54) is 6.07 Å². The zero-order chi connectivity index (χ0) is 15.3.